The molecule has 5 atom stereocenters. The van der Waals surface area contributed by atoms with Crippen molar-refractivity contribution in [3.05, 3.63) is 29.6 Å². The van der Waals surface area contributed by atoms with Crippen LogP contribution in [0.2, 0.25) is 0 Å². The first-order valence-corrected chi connectivity index (χ1v) is 7.10. The zero-order valence-corrected chi connectivity index (χ0v) is 12.5. The second-order valence-corrected chi connectivity index (χ2v) is 5.69. The normalized spacial score (nSPS) is 31.3. The van der Waals surface area contributed by atoms with Crippen LogP contribution in [-0.2, 0) is 11.2 Å². The molecule has 0 spiro atoms. The van der Waals surface area contributed by atoms with Crippen LogP contribution in [0.1, 0.15) is 26.3 Å². The van der Waals surface area contributed by atoms with Gasteiger partial charge < -0.3 is 14.6 Å². The van der Waals surface area contributed by atoms with Crippen LogP contribution in [0.5, 0.6) is 5.75 Å². The molecular weight excluding hydrogens is 259 g/mol. The van der Waals surface area contributed by atoms with E-state index in [1.807, 2.05) is 13.8 Å². The zero-order valence-electron chi connectivity index (χ0n) is 12.5. The summed E-state index contributed by atoms with van der Waals surface area (Å²) in [5, 5.41) is 10.5. The second-order valence-electron chi connectivity index (χ2n) is 5.69. The van der Waals surface area contributed by atoms with E-state index in [4.69, 9.17) is 9.47 Å². The molecule has 0 saturated carbocycles. The van der Waals surface area contributed by atoms with Crippen LogP contribution >= 0.6 is 0 Å². The van der Waals surface area contributed by atoms with Gasteiger partial charge in [0.2, 0.25) is 0 Å². The van der Waals surface area contributed by atoms with Crippen LogP contribution in [0, 0.1) is 17.7 Å². The highest BCUT2D eigenvalue weighted by Gasteiger charge is 2.41. The summed E-state index contributed by atoms with van der Waals surface area (Å²) in [6.07, 6.45) is -0.228. The van der Waals surface area contributed by atoms with Gasteiger partial charge in [-0.25, -0.2) is 4.39 Å². The molecule has 2 rings (SSSR count). The van der Waals surface area contributed by atoms with Crippen molar-refractivity contribution in [3.8, 4) is 5.75 Å². The Labute approximate surface area is 119 Å². The van der Waals surface area contributed by atoms with Crippen molar-refractivity contribution in [2.75, 3.05) is 7.11 Å². The van der Waals surface area contributed by atoms with Crippen molar-refractivity contribution in [2.45, 2.75) is 45.5 Å². The number of aliphatic hydroxyl groups is 1. The van der Waals surface area contributed by atoms with Gasteiger partial charge in [0.15, 0.2) is 11.6 Å². The monoisotopic (exact) mass is 282 g/mol. The molecule has 112 valence electrons. The van der Waals surface area contributed by atoms with Crippen molar-refractivity contribution in [1.82, 2.24) is 0 Å². The third kappa shape index (κ3) is 2.81. The lowest BCUT2D eigenvalue weighted by molar-refractivity contribution is 0.0237. The Balaban J connectivity index is 2.14. The van der Waals surface area contributed by atoms with E-state index in [9.17, 15) is 9.50 Å². The Bertz CT molecular complexity index is 463. The molecule has 3 nitrogen and oxygen atoms in total. The van der Waals surface area contributed by atoms with Gasteiger partial charge in [-0.05, 0) is 31.4 Å². The highest BCUT2D eigenvalue weighted by Crippen LogP contribution is 2.36. The maximum atomic E-state index is 14.1. The van der Waals surface area contributed by atoms with Gasteiger partial charge in [-0.3, -0.25) is 0 Å². The third-order valence-electron chi connectivity index (χ3n) is 4.46. The molecule has 0 amide bonds. The lowest BCUT2D eigenvalue weighted by Crippen LogP contribution is -2.32. The first-order valence-electron chi connectivity index (χ1n) is 7.10. The van der Waals surface area contributed by atoms with Crippen LogP contribution in [0.15, 0.2) is 18.2 Å². The van der Waals surface area contributed by atoms with Crippen LogP contribution < -0.4 is 4.74 Å². The Morgan fingerprint density at radius 1 is 1.30 bits per heavy atom. The Morgan fingerprint density at radius 3 is 2.55 bits per heavy atom. The molecule has 0 bridgehead atoms. The molecule has 4 heteroatoms. The SMILES string of the molecule is COc1cccc(CC(O)C2C(C)OC(C)C2C)c1F. The van der Waals surface area contributed by atoms with Crippen LogP contribution in [0.3, 0.4) is 0 Å². The summed E-state index contributed by atoms with van der Waals surface area (Å²) < 4.78 is 24.8. The summed E-state index contributed by atoms with van der Waals surface area (Å²) in [6, 6.07) is 5.01. The highest BCUT2D eigenvalue weighted by atomic mass is 19.1. The van der Waals surface area contributed by atoms with Gasteiger partial charge in [-0.1, -0.05) is 19.1 Å². The quantitative estimate of drug-likeness (QED) is 0.923. The Hall–Kier alpha value is -1.13. The fourth-order valence-electron chi connectivity index (χ4n) is 3.19. The standard InChI is InChI=1S/C16H23FO3/c1-9-10(2)20-11(3)15(9)13(18)8-12-6-5-7-14(19-4)16(12)17/h5-7,9-11,13,15,18H,8H2,1-4H3. The molecule has 1 aromatic rings. The average molecular weight is 282 g/mol. The van der Waals surface area contributed by atoms with Crippen molar-refractivity contribution >= 4 is 0 Å². The number of benzene rings is 1. The fourth-order valence-corrected chi connectivity index (χ4v) is 3.19. The number of hydrogen-bond donors (Lipinski definition) is 1. The van der Waals surface area contributed by atoms with Crippen LogP contribution in [0.4, 0.5) is 4.39 Å². The molecule has 1 aliphatic heterocycles. The highest BCUT2D eigenvalue weighted by molar-refractivity contribution is 5.31. The molecule has 5 unspecified atom stereocenters. The number of aliphatic hydroxyl groups excluding tert-OH is 1. The van der Waals surface area contributed by atoms with Crippen molar-refractivity contribution in [3.63, 3.8) is 0 Å². The Morgan fingerprint density at radius 2 is 2.00 bits per heavy atom. The molecule has 1 aromatic carbocycles. The molecule has 1 heterocycles. The molecule has 1 N–H and O–H groups in total. The Kier molecular flexibility index (Phi) is 4.66. The maximum absolute atomic E-state index is 14.1. The van der Waals surface area contributed by atoms with E-state index in [0.29, 0.717) is 5.56 Å². The first-order chi connectivity index (χ1) is 9.45. The predicted octanol–water partition coefficient (Wildman–Crippen LogP) is 2.80. The number of halogens is 1. The summed E-state index contributed by atoms with van der Waals surface area (Å²) in [7, 11) is 1.44. The van der Waals surface area contributed by atoms with Crippen molar-refractivity contribution in [2.24, 2.45) is 11.8 Å². The van der Waals surface area contributed by atoms with E-state index in [1.165, 1.54) is 7.11 Å². The molecule has 0 aliphatic carbocycles. The molecule has 20 heavy (non-hydrogen) atoms. The first kappa shape index (κ1) is 15.3. The summed E-state index contributed by atoms with van der Waals surface area (Å²) in [6.45, 7) is 6.06. The van der Waals surface area contributed by atoms with Crippen LogP contribution in [-0.4, -0.2) is 30.5 Å². The summed E-state index contributed by atoms with van der Waals surface area (Å²) in [4.78, 5) is 0. The number of ether oxygens (including phenoxy) is 2. The molecule has 1 saturated heterocycles. The van der Waals surface area contributed by atoms with E-state index in [-0.39, 0.29) is 42.0 Å². The van der Waals surface area contributed by atoms with Crippen molar-refractivity contribution < 1.29 is 19.0 Å². The van der Waals surface area contributed by atoms with E-state index in [2.05, 4.69) is 6.92 Å². The van der Waals surface area contributed by atoms with Crippen LogP contribution in [0.25, 0.3) is 0 Å². The lowest BCUT2D eigenvalue weighted by Gasteiger charge is -2.25. The smallest absolute Gasteiger partial charge is 0.168 e. The molecule has 0 aromatic heterocycles. The fraction of sp³-hybridized carbons (Fsp3) is 0.625. The third-order valence-corrected chi connectivity index (χ3v) is 4.46. The maximum Gasteiger partial charge on any atom is 0.168 e. The summed E-state index contributed by atoms with van der Waals surface area (Å²) in [5.74, 6) is 0.109. The van der Waals surface area contributed by atoms with Gasteiger partial charge >= 0.3 is 0 Å². The van der Waals surface area contributed by atoms with E-state index in [1.54, 1.807) is 18.2 Å². The predicted molar refractivity (Wildman–Crippen MR) is 75.3 cm³/mol. The zero-order chi connectivity index (χ0) is 14.9. The van der Waals surface area contributed by atoms with E-state index < -0.39 is 6.10 Å². The second kappa shape index (κ2) is 6.10. The number of methoxy groups -OCH3 is 1. The van der Waals surface area contributed by atoms with Gasteiger partial charge in [0, 0.05) is 12.3 Å². The summed E-state index contributed by atoms with van der Waals surface area (Å²) >= 11 is 0. The summed E-state index contributed by atoms with van der Waals surface area (Å²) in [5.41, 5.74) is 0.482. The lowest BCUT2D eigenvalue weighted by atomic mass is 9.82. The van der Waals surface area contributed by atoms with E-state index in [0.717, 1.165) is 0 Å². The molecule has 1 aliphatic rings. The minimum Gasteiger partial charge on any atom is -0.494 e. The number of rotatable bonds is 4. The minimum atomic E-state index is -0.619. The molecule has 0 radical (unpaired) electrons. The molecule has 1 fully saturated rings. The van der Waals surface area contributed by atoms with Gasteiger partial charge in [-0.2, -0.15) is 0 Å². The molecular formula is C16H23FO3. The van der Waals surface area contributed by atoms with Gasteiger partial charge in [0.25, 0.3) is 0 Å². The van der Waals surface area contributed by atoms with Gasteiger partial charge in [0.1, 0.15) is 0 Å². The van der Waals surface area contributed by atoms with Crippen molar-refractivity contribution in [1.29, 1.82) is 0 Å². The van der Waals surface area contributed by atoms with E-state index >= 15 is 0 Å². The van der Waals surface area contributed by atoms with Gasteiger partial charge in [0.05, 0.1) is 25.4 Å². The van der Waals surface area contributed by atoms with Gasteiger partial charge in [-0.15, -0.1) is 0 Å². The average Bonchev–Trinajstić information content (AvgIpc) is 2.65. The number of hydrogen-bond acceptors (Lipinski definition) is 3. The topological polar surface area (TPSA) is 38.7 Å². The minimum absolute atomic E-state index is 0.0105. The largest absolute Gasteiger partial charge is 0.494 e.